The number of carbonyl (C=O) groups is 10. The van der Waals surface area contributed by atoms with Crippen LogP contribution in [0.3, 0.4) is 0 Å². The van der Waals surface area contributed by atoms with E-state index in [0.717, 1.165) is 21.6 Å². The minimum atomic E-state index is -1.83. The zero-order valence-corrected chi connectivity index (χ0v) is 42.8. The molecule has 0 unspecified atom stereocenters. The SMILES string of the molecule is C=C1C(=O)N[C@@H](C)C(=O)N(C)[C@@H](C)C(=O)N[C@@H]([C@H](OC(=O)[C@@H](NC(C)=O)[C@H](ONC)C(C)C)C(C)C)C(=O)N(C)[C@@H]([C@@H](C)OC)C(=O)O[C@H](C)[C@H](NC(C)=O)C(=O)O[C@H](Cc2ccccc2)C(=O)N1C. The Morgan fingerprint density at radius 1 is 0.800 bits per heavy atom. The molecule has 1 heterocycles. The van der Waals surface area contributed by atoms with E-state index in [1.807, 2.05) is 0 Å². The van der Waals surface area contributed by atoms with Crippen molar-refractivity contribution in [1.82, 2.24) is 41.4 Å². The molecule has 7 amide bonds. The summed E-state index contributed by atoms with van der Waals surface area (Å²) in [6.45, 7) is 17.9. The van der Waals surface area contributed by atoms with Gasteiger partial charge >= 0.3 is 17.9 Å². The van der Waals surface area contributed by atoms with Crippen LogP contribution in [0.4, 0.5) is 0 Å². The van der Waals surface area contributed by atoms with Crippen LogP contribution in [-0.4, -0.2) is 176 Å². The Labute approximate surface area is 409 Å². The number of nitrogens with one attached hydrogen (secondary N) is 5. The third-order valence-electron chi connectivity index (χ3n) is 11.7. The maximum atomic E-state index is 15.0. The molecule has 1 fully saturated rings. The number of benzene rings is 1. The average Bonchev–Trinajstić information content (AvgIpc) is 3.30. The first-order chi connectivity index (χ1) is 32.6. The normalized spacial score (nSPS) is 24.8. The minimum Gasteiger partial charge on any atom is -0.458 e. The van der Waals surface area contributed by atoms with Gasteiger partial charge in [-0.3, -0.25) is 38.4 Å². The topological polar surface area (TPSA) is 287 Å². The lowest BCUT2D eigenvalue weighted by Gasteiger charge is -2.38. The highest BCUT2D eigenvalue weighted by Crippen LogP contribution is 2.22. The van der Waals surface area contributed by atoms with Gasteiger partial charge in [-0.15, -0.1) is 0 Å². The largest absolute Gasteiger partial charge is 0.458 e. The van der Waals surface area contributed by atoms with E-state index in [2.05, 4.69) is 33.3 Å². The Morgan fingerprint density at radius 2 is 1.40 bits per heavy atom. The number of amides is 7. The van der Waals surface area contributed by atoms with E-state index in [9.17, 15) is 43.2 Å². The van der Waals surface area contributed by atoms with Gasteiger partial charge < -0.3 is 54.9 Å². The molecule has 0 radical (unpaired) electrons. The van der Waals surface area contributed by atoms with Gasteiger partial charge in [-0.05, 0) is 45.1 Å². The van der Waals surface area contributed by atoms with Crippen LogP contribution in [0.1, 0.15) is 74.8 Å². The van der Waals surface area contributed by atoms with Crippen LogP contribution in [-0.2, 0) is 78.2 Å². The van der Waals surface area contributed by atoms with Crippen LogP contribution in [0.25, 0.3) is 0 Å². The molecular weight excluding hydrogens is 917 g/mol. The second kappa shape index (κ2) is 27.1. The lowest BCUT2D eigenvalue weighted by atomic mass is 9.95. The van der Waals surface area contributed by atoms with E-state index in [4.69, 9.17) is 23.8 Å². The van der Waals surface area contributed by atoms with Crippen molar-refractivity contribution in [3.05, 3.63) is 48.2 Å². The first-order valence-corrected chi connectivity index (χ1v) is 22.8. The molecule has 1 aromatic carbocycles. The first kappa shape index (κ1) is 59.7. The molecule has 1 aliphatic rings. The molecule has 0 aliphatic carbocycles. The van der Waals surface area contributed by atoms with Gasteiger partial charge in [0.15, 0.2) is 24.2 Å². The number of hydrogen-bond donors (Lipinski definition) is 5. The third-order valence-corrected chi connectivity index (χ3v) is 11.7. The number of methoxy groups -OCH3 is 1. The van der Waals surface area contributed by atoms with Crippen molar-refractivity contribution < 1.29 is 71.7 Å². The zero-order chi connectivity index (χ0) is 53.5. The van der Waals surface area contributed by atoms with E-state index < -0.39 is 144 Å². The molecule has 0 aromatic heterocycles. The molecule has 23 nitrogen and oxygen atoms in total. The minimum absolute atomic E-state index is 0.227. The molecule has 0 bridgehead atoms. The van der Waals surface area contributed by atoms with Crippen molar-refractivity contribution in [1.29, 1.82) is 0 Å². The molecule has 1 aromatic rings. The number of rotatable bonds is 14. The van der Waals surface area contributed by atoms with Gasteiger partial charge in [-0.25, -0.2) is 19.9 Å². The molecule has 70 heavy (non-hydrogen) atoms. The maximum absolute atomic E-state index is 15.0. The van der Waals surface area contributed by atoms with Gasteiger partial charge in [-0.2, -0.15) is 0 Å². The van der Waals surface area contributed by atoms with Crippen LogP contribution in [0.15, 0.2) is 42.6 Å². The number of hydrogen-bond acceptors (Lipinski definition) is 16. The highest BCUT2D eigenvalue weighted by Gasteiger charge is 2.46. The molecular formula is C47H72N8O15. The molecule has 1 saturated heterocycles. The third kappa shape index (κ3) is 16.1. The van der Waals surface area contributed by atoms with Crippen molar-refractivity contribution in [3.63, 3.8) is 0 Å². The Hall–Kier alpha value is -6.46. The Morgan fingerprint density at radius 3 is 1.91 bits per heavy atom. The summed E-state index contributed by atoms with van der Waals surface area (Å²) >= 11 is 0. The zero-order valence-electron chi connectivity index (χ0n) is 42.8. The summed E-state index contributed by atoms with van der Waals surface area (Å²) < 4.78 is 23.1. The lowest BCUT2D eigenvalue weighted by Crippen LogP contribution is -2.64. The van der Waals surface area contributed by atoms with Gasteiger partial charge in [0, 0.05) is 55.6 Å². The van der Waals surface area contributed by atoms with E-state index in [-0.39, 0.29) is 6.42 Å². The summed E-state index contributed by atoms with van der Waals surface area (Å²) in [5, 5.41) is 9.98. The van der Waals surface area contributed by atoms with Crippen molar-refractivity contribution in [3.8, 4) is 0 Å². The van der Waals surface area contributed by atoms with Crippen LogP contribution < -0.4 is 26.7 Å². The number of ether oxygens (including phenoxy) is 4. The highest BCUT2D eigenvalue weighted by molar-refractivity contribution is 6.01. The second-order valence-corrected chi connectivity index (χ2v) is 17.8. The molecule has 390 valence electrons. The fourth-order valence-corrected chi connectivity index (χ4v) is 7.37. The van der Waals surface area contributed by atoms with Gasteiger partial charge in [-0.1, -0.05) is 64.6 Å². The summed E-state index contributed by atoms with van der Waals surface area (Å²) in [7, 11) is 6.34. The molecule has 0 saturated carbocycles. The van der Waals surface area contributed by atoms with E-state index in [1.54, 1.807) is 58.0 Å². The fraction of sp³-hybridized carbons (Fsp3) is 0.617. The number of cyclic esters (lactones) is 2. The van der Waals surface area contributed by atoms with Crippen LogP contribution in [0, 0.1) is 11.8 Å². The molecule has 23 heteroatoms. The second-order valence-electron chi connectivity index (χ2n) is 17.8. The Kier molecular flexibility index (Phi) is 23.1. The van der Waals surface area contributed by atoms with Crippen molar-refractivity contribution in [2.45, 2.75) is 142 Å². The average molecular weight is 989 g/mol. The summed E-state index contributed by atoms with van der Waals surface area (Å²) in [6, 6.07) is -1.06. The van der Waals surface area contributed by atoms with E-state index in [1.165, 1.54) is 69.9 Å². The number of hydroxylamine groups is 1. The lowest BCUT2D eigenvalue weighted by molar-refractivity contribution is -0.175. The summed E-state index contributed by atoms with van der Waals surface area (Å²) in [4.78, 5) is 147. The quantitative estimate of drug-likeness (QED) is 0.0681. The number of esters is 3. The Bertz CT molecular complexity index is 2070. The number of nitrogens with zero attached hydrogens (tertiary/aromatic N) is 3. The van der Waals surface area contributed by atoms with E-state index >= 15 is 4.79 Å². The molecule has 0 spiro atoms. The maximum Gasteiger partial charge on any atom is 0.333 e. The fourth-order valence-electron chi connectivity index (χ4n) is 7.37. The summed E-state index contributed by atoms with van der Waals surface area (Å²) in [5.74, 6) is -10.7. The van der Waals surface area contributed by atoms with Crippen LogP contribution in [0.5, 0.6) is 0 Å². The van der Waals surface area contributed by atoms with Crippen molar-refractivity contribution in [2.24, 2.45) is 11.8 Å². The van der Waals surface area contributed by atoms with Crippen LogP contribution >= 0.6 is 0 Å². The van der Waals surface area contributed by atoms with Crippen molar-refractivity contribution >= 4 is 59.3 Å². The summed E-state index contributed by atoms with van der Waals surface area (Å²) in [5.41, 5.74) is 2.58. The number of likely N-dealkylation sites (N-methyl/N-ethyl adjacent to an activating group) is 3. The standard InChI is InChI=1S/C47H72N8O15/c1-23(2)38(69-46(64)36(51-31(11)57)39(24(3)4)70-48-12)35-44(62)55(15)37(29(9)66-16)47(65)67-28(8)34(50-30(10)56)45(63)68-33(22-32-20-18-17-19-21-32)43(61)54(14)26(6)40(58)49-25(5)42(60)53(13)27(7)41(59)52-35/h17-21,23-25,27-29,33-39,48H,6,22H2,1-5,7-16H3,(H,49,58)(H,50,56)(H,51,57)(H,52,59)/t25-,27-,28+,29+,33+,34-,35-,36-,37-,38+,39+/m0/s1. The van der Waals surface area contributed by atoms with Crippen LogP contribution in [0.2, 0.25) is 0 Å². The van der Waals surface area contributed by atoms with Gasteiger partial charge in [0.1, 0.15) is 42.1 Å². The predicted octanol–water partition coefficient (Wildman–Crippen LogP) is -0.491. The molecule has 5 N–H and O–H groups in total. The smallest absolute Gasteiger partial charge is 0.333 e. The monoisotopic (exact) mass is 989 g/mol. The van der Waals surface area contributed by atoms with Gasteiger partial charge in [0.25, 0.3) is 11.8 Å². The number of carbonyl (C=O) groups excluding carboxylic acids is 10. The highest BCUT2D eigenvalue weighted by atomic mass is 16.7. The first-order valence-electron chi connectivity index (χ1n) is 22.8. The molecule has 2 rings (SSSR count). The summed E-state index contributed by atoms with van der Waals surface area (Å²) in [6.07, 6.45) is -7.17. The van der Waals surface area contributed by atoms with Gasteiger partial charge in [0.05, 0.1) is 6.10 Å². The van der Waals surface area contributed by atoms with Gasteiger partial charge in [0.2, 0.25) is 29.5 Å². The molecule has 1 aliphatic heterocycles. The van der Waals surface area contributed by atoms with Crippen molar-refractivity contribution in [2.75, 3.05) is 35.3 Å². The molecule has 11 atom stereocenters. The van der Waals surface area contributed by atoms with E-state index in [0.29, 0.717) is 5.56 Å². The predicted molar refractivity (Wildman–Crippen MR) is 251 cm³/mol. The Balaban J connectivity index is 2.91.